The first-order valence-electron chi connectivity index (χ1n) is 6.27. The van der Waals surface area contributed by atoms with Crippen molar-refractivity contribution in [3.8, 4) is 0 Å². The Morgan fingerprint density at radius 2 is 2.10 bits per heavy atom. The minimum Gasteiger partial charge on any atom is -0.379 e. The number of hydrogen-bond acceptors (Lipinski definition) is 5. The summed E-state index contributed by atoms with van der Waals surface area (Å²) < 4.78 is 22.8. The van der Waals surface area contributed by atoms with Crippen molar-refractivity contribution in [2.24, 2.45) is 10.6 Å². The third-order valence-electron chi connectivity index (χ3n) is 3.75. The standard InChI is InChI=1S/C12H17N3O4S/c1-12(6-3-7-12)8-14-9-4-2-5-10(20(13,18)19)11(9)15(16)17/h2,4-5,14H,3,6-8H2,1H3,(H2,13,18,19). The number of hydrogen-bond donors (Lipinski definition) is 2. The smallest absolute Gasteiger partial charge is 0.312 e. The molecule has 0 unspecified atom stereocenters. The predicted molar refractivity (Wildman–Crippen MR) is 74.9 cm³/mol. The predicted octanol–water partition coefficient (Wildman–Crippen LogP) is 1.84. The van der Waals surface area contributed by atoms with Crippen molar-refractivity contribution < 1.29 is 13.3 Å². The first-order chi connectivity index (χ1) is 9.23. The van der Waals surface area contributed by atoms with Gasteiger partial charge in [0.2, 0.25) is 10.0 Å². The van der Waals surface area contributed by atoms with Crippen LogP contribution < -0.4 is 10.5 Å². The first kappa shape index (κ1) is 14.7. The highest BCUT2D eigenvalue weighted by Crippen LogP contribution is 2.41. The van der Waals surface area contributed by atoms with Crippen molar-refractivity contribution in [2.75, 3.05) is 11.9 Å². The minimum atomic E-state index is -4.13. The van der Waals surface area contributed by atoms with E-state index in [0.29, 0.717) is 6.54 Å². The first-order valence-corrected chi connectivity index (χ1v) is 7.82. The van der Waals surface area contributed by atoms with Crippen molar-refractivity contribution in [3.05, 3.63) is 28.3 Å². The van der Waals surface area contributed by atoms with Crippen molar-refractivity contribution in [3.63, 3.8) is 0 Å². The Kier molecular flexibility index (Phi) is 3.70. The maximum absolute atomic E-state index is 11.4. The number of primary sulfonamides is 1. The molecule has 0 spiro atoms. The topological polar surface area (TPSA) is 115 Å². The van der Waals surface area contributed by atoms with E-state index in [0.717, 1.165) is 25.3 Å². The molecule has 0 radical (unpaired) electrons. The number of nitro benzene ring substituents is 1. The molecule has 8 heteroatoms. The molecule has 20 heavy (non-hydrogen) atoms. The Labute approximate surface area is 117 Å². The van der Waals surface area contributed by atoms with Gasteiger partial charge >= 0.3 is 5.69 Å². The Morgan fingerprint density at radius 3 is 2.55 bits per heavy atom. The van der Waals surface area contributed by atoms with Crippen LogP contribution in [0.2, 0.25) is 0 Å². The summed E-state index contributed by atoms with van der Waals surface area (Å²) in [5, 5.41) is 19.2. The Hall–Kier alpha value is -1.67. The number of para-hydroxylation sites is 1. The summed E-state index contributed by atoms with van der Waals surface area (Å²) in [5.41, 5.74) is -0.182. The molecule has 0 aromatic heterocycles. The van der Waals surface area contributed by atoms with E-state index in [1.165, 1.54) is 12.1 Å². The number of anilines is 1. The van der Waals surface area contributed by atoms with Gasteiger partial charge in [0.1, 0.15) is 5.69 Å². The molecule has 110 valence electrons. The summed E-state index contributed by atoms with van der Waals surface area (Å²) in [4.78, 5) is 9.96. The molecule has 0 atom stereocenters. The summed E-state index contributed by atoms with van der Waals surface area (Å²) in [7, 11) is -4.13. The van der Waals surface area contributed by atoms with Gasteiger partial charge < -0.3 is 5.32 Å². The van der Waals surface area contributed by atoms with Gasteiger partial charge in [-0.25, -0.2) is 13.6 Å². The van der Waals surface area contributed by atoms with Crippen molar-refractivity contribution in [1.29, 1.82) is 0 Å². The summed E-state index contributed by atoms with van der Waals surface area (Å²) in [5.74, 6) is 0. The highest BCUT2D eigenvalue weighted by molar-refractivity contribution is 7.89. The molecule has 1 saturated carbocycles. The van der Waals surface area contributed by atoms with Crippen LogP contribution in [-0.2, 0) is 10.0 Å². The zero-order valence-electron chi connectivity index (χ0n) is 11.1. The molecule has 1 aliphatic carbocycles. The number of nitrogens with one attached hydrogen (secondary N) is 1. The normalized spacial score (nSPS) is 17.3. The summed E-state index contributed by atoms with van der Waals surface area (Å²) in [6, 6.07) is 4.08. The Balaban J connectivity index is 2.35. The fourth-order valence-corrected chi connectivity index (χ4v) is 3.07. The molecule has 3 N–H and O–H groups in total. The van der Waals surface area contributed by atoms with Crippen LogP contribution in [0, 0.1) is 15.5 Å². The van der Waals surface area contributed by atoms with E-state index >= 15 is 0 Å². The lowest BCUT2D eigenvalue weighted by Gasteiger charge is -2.38. The lowest BCUT2D eigenvalue weighted by Crippen LogP contribution is -2.33. The average molecular weight is 299 g/mol. The van der Waals surface area contributed by atoms with Gasteiger partial charge in [0.25, 0.3) is 0 Å². The summed E-state index contributed by atoms with van der Waals surface area (Å²) in [6.45, 7) is 2.67. The quantitative estimate of drug-likeness (QED) is 0.635. The van der Waals surface area contributed by atoms with E-state index in [1.54, 1.807) is 0 Å². The molecule has 0 heterocycles. The van der Waals surface area contributed by atoms with Crippen LogP contribution in [0.4, 0.5) is 11.4 Å². The molecule has 7 nitrogen and oxygen atoms in total. The number of nitro groups is 1. The maximum atomic E-state index is 11.4. The molecule has 2 rings (SSSR count). The molecule has 0 bridgehead atoms. The highest BCUT2D eigenvalue weighted by atomic mass is 32.2. The SMILES string of the molecule is CC1(CNc2cccc(S(N)(=O)=O)c2[N+](=O)[O-])CCC1. The number of nitrogens with zero attached hydrogens (tertiary/aromatic N) is 1. The molecule has 1 fully saturated rings. The highest BCUT2D eigenvalue weighted by Gasteiger charge is 2.33. The molecule has 0 aliphatic heterocycles. The molecular weight excluding hydrogens is 282 g/mol. The van der Waals surface area contributed by atoms with Gasteiger partial charge in [0.15, 0.2) is 4.90 Å². The summed E-state index contributed by atoms with van der Waals surface area (Å²) >= 11 is 0. The molecule has 1 aromatic carbocycles. The van der Waals surface area contributed by atoms with E-state index in [-0.39, 0.29) is 11.1 Å². The second kappa shape index (κ2) is 5.02. The second-order valence-corrected chi connectivity index (χ2v) is 7.00. The van der Waals surface area contributed by atoms with E-state index in [1.807, 2.05) is 0 Å². The van der Waals surface area contributed by atoms with Gasteiger partial charge in [-0.3, -0.25) is 10.1 Å². The molecule has 1 aliphatic rings. The number of sulfonamides is 1. The minimum absolute atomic E-state index is 0.117. The zero-order chi connectivity index (χ0) is 15.0. The van der Waals surface area contributed by atoms with E-state index in [4.69, 9.17) is 5.14 Å². The second-order valence-electron chi connectivity index (χ2n) is 5.47. The Bertz CT molecular complexity index is 638. The third kappa shape index (κ3) is 2.91. The van der Waals surface area contributed by atoms with E-state index in [2.05, 4.69) is 12.2 Å². The molecule has 0 saturated heterocycles. The van der Waals surface area contributed by atoms with Gasteiger partial charge in [-0.05, 0) is 30.4 Å². The lowest BCUT2D eigenvalue weighted by molar-refractivity contribution is -0.386. The third-order valence-corrected chi connectivity index (χ3v) is 4.70. The fourth-order valence-electron chi connectivity index (χ4n) is 2.35. The van der Waals surface area contributed by atoms with Crippen LogP contribution in [0.25, 0.3) is 0 Å². The zero-order valence-corrected chi connectivity index (χ0v) is 11.9. The van der Waals surface area contributed by atoms with Gasteiger partial charge in [-0.15, -0.1) is 0 Å². The average Bonchev–Trinajstić information content (AvgIpc) is 2.32. The van der Waals surface area contributed by atoms with Gasteiger partial charge in [0.05, 0.1) is 4.92 Å². The van der Waals surface area contributed by atoms with Gasteiger partial charge in [0, 0.05) is 6.54 Å². The Morgan fingerprint density at radius 1 is 1.45 bits per heavy atom. The fraction of sp³-hybridized carbons (Fsp3) is 0.500. The van der Waals surface area contributed by atoms with Gasteiger partial charge in [-0.1, -0.05) is 19.4 Å². The van der Waals surface area contributed by atoms with Crippen molar-refractivity contribution in [2.45, 2.75) is 31.1 Å². The van der Waals surface area contributed by atoms with Crippen molar-refractivity contribution >= 4 is 21.4 Å². The maximum Gasteiger partial charge on any atom is 0.312 e. The van der Waals surface area contributed by atoms with Crippen LogP contribution in [-0.4, -0.2) is 19.9 Å². The van der Waals surface area contributed by atoms with Crippen LogP contribution in [0.15, 0.2) is 23.1 Å². The number of rotatable bonds is 5. The molecule has 0 amide bonds. The number of nitrogens with two attached hydrogens (primary N) is 1. The lowest BCUT2D eigenvalue weighted by atomic mass is 9.70. The van der Waals surface area contributed by atoms with Gasteiger partial charge in [-0.2, -0.15) is 0 Å². The van der Waals surface area contributed by atoms with Crippen LogP contribution >= 0.6 is 0 Å². The van der Waals surface area contributed by atoms with Crippen LogP contribution in [0.1, 0.15) is 26.2 Å². The monoisotopic (exact) mass is 299 g/mol. The molecule has 1 aromatic rings. The van der Waals surface area contributed by atoms with Crippen LogP contribution in [0.3, 0.4) is 0 Å². The number of benzene rings is 1. The largest absolute Gasteiger partial charge is 0.379 e. The van der Waals surface area contributed by atoms with E-state index in [9.17, 15) is 18.5 Å². The van der Waals surface area contributed by atoms with E-state index < -0.39 is 25.5 Å². The summed E-state index contributed by atoms with van der Waals surface area (Å²) in [6.07, 6.45) is 3.27. The molecular formula is C12H17N3O4S. The van der Waals surface area contributed by atoms with Crippen molar-refractivity contribution in [1.82, 2.24) is 0 Å². The van der Waals surface area contributed by atoms with Crippen LogP contribution in [0.5, 0.6) is 0 Å².